The highest BCUT2D eigenvalue weighted by Gasteiger charge is 2.15. The van der Waals surface area contributed by atoms with E-state index < -0.39 is 6.10 Å². The molecule has 0 aliphatic carbocycles. The van der Waals surface area contributed by atoms with Crippen LogP contribution in [0, 0.1) is 6.92 Å². The van der Waals surface area contributed by atoms with Crippen molar-refractivity contribution in [2.24, 2.45) is 0 Å². The van der Waals surface area contributed by atoms with Crippen LogP contribution in [0.2, 0.25) is 0 Å². The van der Waals surface area contributed by atoms with E-state index in [1.54, 1.807) is 21.3 Å². The molecule has 154 valence electrons. The minimum atomic E-state index is -0.614. The number of hydrogen-bond acceptors (Lipinski definition) is 6. The number of nitrogens with zero attached hydrogens (tertiary/aromatic N) is 1. The number of aliphatic hydroxyl groups excluding tert-OH is 1. The number of ether oxygens (including phenoxy) is 4. The minimum absolute atomic E-state index is 0.236. The fourth-order valence-corrected chi connectivity index (χ4v) is 2.95. The average molecular weight is 389 g/mol. The molecule has 2 aromatic carbocycles. The Morgan fingerprint density at radius 3 is 2.39 bits per heavy atom. The van der Waals surface area contributed by atoms with Gasteiger partial charge in [-0.25, -0.2) is 0 Å². The number of aliphatic hydroxyl groups is 1. The molecule has 1 atom stereocenters. The van der Waals surface area contributed by atoms with Crippen molar-refractivity contribution in [3.63, 3.8) is 0 Å². The van der Waals surface area contributed by atoms with Crippen LogP contribution in [-0.2, 0) is 11.3 Å². The molecule has 0 amide bonds. The van der Waals surface area contributed by atoms with Crippen LogP contribution in [0.25, 0.3) is 0 Å². The maximum Gasteiger partial charge on any atom is 0.161 e. The summed E-state index contributed by atoms with van der Waals surface area (Å²) in [5, 5.41) is 10.5. The Kier molecular flexibility index (Phi) is 9.07. The first-order valence-electron chi connectivity index (χ1n) is 9.36. The van der Waals surface area contributed by atoms with Crippen LogP contribution < -0.4 is 14.2 Å². The molecule has 0 saturated carbocycles. The highest BCUT2D eigenvalue weighted by Crippen LogP contribution is 2.28. The SMILES string of the molecule is COCCN(Cc1ccc(OC)c(OC)c1)CC(O)COc1ccccc1C. The Morgan fingerprint density at radius 2 is 1.71 bits per heavy atom. The molecule has 1 N–H and O–H groups in total. The Balaban J connectivity index is 1.97. The van der Waals surface area contributed by atoms with Gasteiger partial charge in [-0.1, -0.05) is 24.3 Å². The molecule has 0 saturated heterocycles. The van der Waals surface area contributed by atoms with Gasteiger partial charge in [-0.3, -0.25) is 4.90 Å². The topological polar surface area (TPSA) is 60.4 Å². The predicted octanol–water partition coefficient (Wildman–Crippen LogP) is 2.90. The van der Waals surface area contributed by atoms with Gasteiger partial charge in [-0.05, 0) is 36.2 Å². The van der Waals surface area contributed by atoms with Gasteiger partial charge in [0.05, 0.1) is 20.8 Å². The van der Waals surface area contributed by atoms with Gasteiger partial charge in [0.2, 0.25) is 0 Å². The quantitative estimate of drug-likeness (QED) is 0.602. The van der Waals surface area contributed by atoms with E-state index in [4.69, 9.17) is 18.9 Å². The summed E-state index contributed by atoms with van der Waals surface area (Å²) in [5.74, 6) is 2.18. The van der Waals surface area contributed by atoms with E-state index in [2.05, 4.69) is 4.90 Å². The normalized spacial score (nSPS) is 12.1. The molecule has 0 heterocycles. The van der Waals surface area contributed by atoms with Crippen molar-refractivity contribution in [3.8, 4) is 17.2 Å². The number of methoxy groups -OCH3 is 3. The average Bonchev–Trinajstić information content (AvgIpc) is 2.71. The molecular weight excluding hydrogens is 358 g/mol. The third kappa shape index (κ3) is 6.71. The fourth-order valence-electron chi connectivity index (χ4n) is 2.95. The zero-order valence-electron chi connectivity index (χ0n) is 17.2. The zero-order chi connectivity index (χ0) is 20.4. The lowest BCUT2D eigenvalue weighted by Gasteiger charge is -2.25. The monoisotopic (exact) mass is 389 g/mol. The van der Waals surface area contributed by atoms with Crippen LogP contribution in [0.4, 0.5) is 0 Å². The summed E-state index contributed by atoms with van der Waals surface area (Å²) < 4.78 is 21.7. The maximum absolute atomic E-state index is 10.5. The Hall–Kier alpha value is -2.28. The van der Waals surface area contributed by atoms with Crippen molar-refractivity contribution >= 4 is 0 Å². The van der Waals surface area contributed by atoms with E-state index in [1.165, 1.54) is 0 Å². The summed E-state index contributed by atoms with van der Waals surface area (Å²) in [5.41, 5.74) is 2.12. The summed E-state index contributed by atoms with van der Waals surface area (Å²) >= 11 is 0. The standard InChI is InChI=1S/C22H31NO5/c1-17-7-5-6-8-20(17)28-16-19(24)15-23(11-12-25-2)14-18-9-10-21(26-3)22(13-18)27-4/h5-10,13,19,24H,11-12,14-16H2,1-4H3. The summed E-state index contributed by atoms with van der Waals surface area (Å²) in [4.78, 5) is 2.14. The molecule has 0 bridgehead atoms. The van der Waals surface area contributed by atoms with E-state index in [-0.39, 0.29) is 6.61 Å². The van der Waals surface area contributed by atoms with Gasteiger partial charge in [0.15, 0.2) is 11.5 Å². The van der Waals surface area contributed by atoms with E-state index in [1.807, 2.05) is 49.4 Å². The number of benzene rings is 2. The van der Waals surface area contributed by atoms with Crippen LogP contribution in [0.3, 0.4) is 0 Å². The van der Waals surface area contributed by atoms with Crippen molar-refractivity contribution in [3.05, 3.63) is 53.6 Å². The molecule has 6 heteroatoms. The first-order chi connectivity index (χ1) is 13.6. The lowest BCUT2D eigenvalue weighted by atomic mass is 10.1. The van der Waals surface area contributed by atoms with Crippen molar-refractivity contribution in [1.82, 2.24) is 4.90 Å². The molecule has 0 aliphatic heterocycles. The van der Waals surface area contributed by atoms with Crippen molar-refractivity contribution in [2.45, 2.75) is 19.6 Å². The zero-order valence-corrected chi connectivity index (χ0v) is 17.2. The van der Waals surface area contributed by atoms with E-state index in [0.29, 0.717) is 37.7 Å². The Bertz CT molecular complexity index is 722. The second kappa shape index (κ2) is 11.5. The van der Waals surface area contributed by atoms with Gasteiger partial charge in [0.1, 0.15) is 18.5 Å². The smallest absolute Gasteiger partial charge is 0.161 e. The summed E-state index contributed by atoms with van der Waals surface area (Å²) in [6.07, 6.45) is -0.614. The third-order valence-corrected chi connectivity index (χ3v) is 4.46. The van der Waals surface area contributed by atoms with Gasteiger partial charge in [0, 0.05) is 26.7 Å². The largest absolute Gasteiger partial charge is 0.493 e. The summed E-state index contributed by atoms with van der Waals surface area (Å²) in [6, 6.07) is 13.6. The predicted molar refractivity (Wildman–Crippen MR) is 109 cm³/mol. The summed E-state index contributed by atoms with van der Waals surface area (Å²) in [6.45, 7) is 4.64. The highest BCUT2D eigenvalue weighted by atomic mass is 16.5. The highest BCUT2D eigenvalue weighted by molar-refractivity contribution is 5.42. The molecule has 0 fully saturated rings. The van der Waals surface area contributed by atoms with Crippen molar-refractivity contribution in [2.75, 3.05) is 47.6 Å². The molecule has 1 unspecified atom stereocenters. The molecular formula is C22H31NO5. The molecule has 2 rings (SSSR count). The molecule has 0 aliphatic rings. The molecule has 28 heavy (non-hydrogen) atoms. The first kappa shape index (κ1) is 22.0. The number of aryl methyl sites for hydroxylation is 1. The number of para-hydroxylation sites is 1. The van der Waals surface area contributed by atoms with Crippen molar-refractivity contribution < 1.29 is 24.1 Å². The van der Waals surface area contributed by atoms with Crippen LogP contribution in [0.5, 0.6) is 17.2 Å². The molecule has 0 radical (unpaired) electrons. The summed E-state index contributed by atoms with van der Waals surface area (Å²) in [7, 11) is 4.91. The van der Waals surface area contributed by atoms with E-state index in [0.717, 1.165) is 16.9 Å². The lowest BCUT2D eigenvalue weighted by molar-refractivity contribution is 0.0540. The second-order valence-electron chi connectivity index (χ2n) is 6.65. The Morgan fingerprint density at radius 1 is 0.964 bits per heavy atom. The van der Waals surface area contributed by atoms with E-state index >= 15 is 0 Å². The van der Waals surface area contributed by atoms with Crippen LogP contribution in [0.1, 0.15) is 11.1 Å². The number of hydrogen-bond donors (Lipinski definition) is 1. The van der Waals surface area contributed by atoms with Gasteiger partial charge >= 0.3 is 0 Å². The van der Waals surface area contributed by atoms with Gasteiger partial charge in [-0.15, -0.1) is 0 Å². The van der Waals surface area contributed by atoms with Crippen molar-refractivity contribution in [1.29, 1.82) is 0 Å². The Labute approximate surface area is 167 Å². The number of rotatable bonds is 12. The molecule has 6 nitrogen and oxygen atoms in total. The van der Waals surface area contributed by atoms with Crippen LogP contribution >= 0.6 is 0 Å². The van der Waals surface area contributed by atoms with Gasteiger partial charge in [-0.2, -0.15) is 0 Å². The minimum Gasteiger partial charge on any atom is -0.493 e. The van der Waals surface area contributed by atoms with Gasteiger partial charge < -0.3 is 24.1 Å². The molecule has 0 aromatic heterocycles. The molecule has 2 aromatic rings. The van der Waals surface area contributed by atoms with Crippen LogP contribution in [0.15, 0.2) is 42.5 Å². The van der Waals surface area contributed by atoms with E-state index in [9.17, 15) is 5.11 Å². The third-order valence-electron chi connectivity index (χ3n) is 4.46. The van der Waals surface area contributed by atoms with Crippen LogP contribution in [-0.4, -0.2) is 63.7 Å². The van der Waals surface area contributed by atoms with Gasteiger partial charge in [0.25, 0.3) is 0 Å². The first-order valence-corrected chi connectivity index (χ1v) is 9.36. The second-order valence-corrected chi connectivity index (χ2v) is 6.65. The lowest BCUT2D eigenvalue weighted by Crippen LogP contribution is -2.37. The fraction of sp³-hybridized carbons (Fsp3) is 0.455. The molecule has 0 spiro atoms. The maximum atomic E-state index is 10.5.